The van der Waals surface area contributed by atoms with Crippen LogP contribution in [0, 0.1) is 0 Å². The molecule has 0 atom stereocenters. The number of aromatic nitrogens is 5. The summed E-state index contributed by atoms with van der Waals surface area (Å²) in [6.45, 7) is 2.18. The van der Waals surface area contributed by atoms with Gasteiger partial charge in [-0.1, -0.05) is 11.3 Å². The van der Waals surface area contributed by atoms with Crippen molar-refractivity contribution in [2.75, 3.05) is 20.3 Å². The molecule has 0 radical (unpaired) electrons. The first-order valence-electron chi connectivity index (χ1n) is 4.78. The van der Waals surface area contributed by atoms with Gasteiger partial charge in [-0.15, -0.1) is 10.2 Å². The smallest absolute Gasteiger partial charge is 0.169 e. The third-order valence-electron chi connectivity index (χ3n) is 1.86. The molecule has 86 valence electrons. The maximum absolute atomic E-state index is 4.93. The van der Waals surface area contributed by atoms with Crippen molar-refractivity contribution in [2.24, 2.45) is 0 Å². The number of nitrogens with one attached hydrogen (secondary N) is 2. The van der Waals surface area contributed by atoms with Crippen LogP contribution in [0.4, 0.5) is 0 Å². The van der Waals surface area contributed by atoms with Crippen LogP contribution in [0.5, 0.6) is 0 Å². The van der Waals surface area contributed by atoms with Crippen LogP contribution in [0.25, 0.3) is 10.7 Å². The Labute approximate surface area is 96.2 Å². The van der Waals surface area contributed by atoms with Crippen LogP contribution in [-0.2, 0) is 11.3 Å². The molecule has 2 heterocycles. The van der Waals surface area contributed by atoms with Gasteiger partial charge in [0.05, 0.1) is 12.8 Å². The molecule has 0 unspecified atom stereocenters. The van der Waals surface area contributed by atoms with Crippen molar-refractivity contribution in [3.05, 3.63) is 11.2 Å². The molecule has 0 spiro atoms. The van der Waals surface area contributed by atoms with Crippen LogP contribution in [0.3, 0.4) is 0 Å². The Bertz CT molecular complexity index is 414. The fourth-order valence-corrected chi connectivity index (χ4v) is 1.87. The van der Waals surface area contributed by atoms with Gasteiger partial charge in [-0.05, 0) is 0 Å². The van der Waals surface area contributed by atoms with E-state index in [0.717, 1.165) is 22.3 Å². The van der Waals surface area contributed by atoms with Crippen molar-refractivity contribution in [2.45, 2.75) is 6.54 Å². The maximum Gasteiger partial charge on any atom is 0.169 e. The van der Waals surface area contributed by atoms with Crippen molar-refractivity contribution >= 4 is 11.3 Å². The second-order valence-corrected chi connectivity index (χ2v) is 4.09. The van der Waals surface area contributed by atoms with Gasteiger partial charge >= 0.3 is 0 Å². The monoisotopic (exact) mass is 240 g/mol. The summed E-state index contributed by atoms with van der Waals surface area (Å²) in [6.07, 6.45) is 1.63. The fraction of sp³-hybridized carbons (Fsp3) is 0.500. The lowest BCUT2D eigenvalue weighted by Gasteiger charge is -1.99. The zero-order valence-corrected chi connectivity index (χ0v) is 9.62. The average molecular weight is 240 g/mol. The van der Waals surface area contributed by atoms with Crippen molar-refractivity contribution in [1.82, 2.24) is 30.9 Å². The molecule has 0 aliphatic carbocycles. The van der Waals surface area contributed by atoms with Gasteiger partial charge in [0.15, 0.2) is 5.01 Å². The first kappa shape index (κ1) is 11.1. The summed E-state index contributed by atoms with van der Waals surface area (Å²) < 4.78 is 4.93. The minimum absolute atomic E-state index is 0.689. The molecule has 0 bridgehead atoms. The lowest BCUT2D eigenvalue weighted by molar-refractivity contribution is 0.199. The van der Waals surface area contributed by atoms with E-state index >= 15 is 0 Å². The van der Waals surface area contributed by atoms with Gasteiger partial charge in [-0.2, -0.15) is 15.4 Å². The molecule has 0 saturated carbocycles. The summed E-state index contributed by atoms with van der Waals surface area (Å²) in [7, 11) is 1.68. The van der Waals surface area contributed by atoms with E-state index in [9.17, 15) is 0 Å². The van der Waals surface area contributed by atoms with E-state index in [-0.39, 0.29) is 0 Å². The number of rotatable bonds is 6. The molecule has 16 heavy (non-hydrogen) atoms. The molecular weight excluding hydrogens is 228 g/mol. The third kappa shape index (κ3) is 2.81. The lowest BCUT2D eigenvalue weighted by atomic mass is 10.5. The number of ether oxygens (including phenoxy) is 1. The summed E-state index contributed by atoms with van der Waals surface area (Å²) in [4.78, 5) is 0. The van der Waals surface area contributed by atoms with Gasteiger partial charge in [0.2, 0.25) is 0 Å². The van der Waals surface area contributed by atoms with Crippen LogP contribution < -0.4 is 5.32 Å². The Morgan fingerprint density at radius 1 is 1.50 bits per heavy atom. The Morgan fingerprint density at radius 2 is 2.44 bits per heavy atom. The van der Waals surface area contributed by atoms with Crippen molar-refractivity contribution in [1.29, 1.82) is 0 Å². The average Bonchev–Trinajstić information content (AvgIpc) is 2.94. The Balaban J connectivity index is 1.88. The molecule has 2 aromatic rings. The summed E-state index contributed by atoms with van der Waals surface area (Å²) >= 11 is 1.50. The zero-order valence-electron chi connectivity index (χ0n) is 8.80. The summed E-state index contributed by atoms with van der Waals surface area (Å²) in [5.41, 5.74) is 0.723. The van der Waals surface area contributed by atoms with Gasteiger partial charge in [0, 0.05) is 20.2 Å². The number of hydrogen-bond donors (Lipinski definition) is 2. The fourth-order valence-electron chi connectivity index (χ4n) is 1.10. The van der Waals surface area contributed by atoms with Gasteiger partial charge in [0.1, 0.15) is 10.7 Å². The maximum atomic E-state index is 4.93. The highest BCUT2D eigenvalue weighted by Crippen LogP contribution is 2.19. The second-order valence-electron chi connectivity index (χ2n) is 3.03. The molecule has 0 aromatic carbocycles. The number of hydrogen-bond acceptors (Lipinski definition) is 7. The van der Waals surface area contributed by atoms with Gasteiger partial charge < -0.3 is 10.1 Å². The molecule has 0 aliphatic rings. The minimum atomic E-state index is 0.689. The van der Waals surface area contributed by atoms with Crippen molar-refractivity contribution < 1.29 is 4.74 Å². The minimum Gasteiger partial charge on any atom is -0.383 e. The van der Waals surface area contributed by atoms with Crippen LogP contribution in [-0.4, -0.2) is 45.9 Å². The predicted molar refractivity (Wildman–Crippen MR) is 58.9 cm³/mol. The molecule has 0 saturated heterocycles. The van der Waals surface area contributed by atoms with E-state index in [1.165, 1.54) is 11.3 Å². The SMILES string of the molecule is COCCNCc1nnc(-c2cn[nH]n2)s1. The molecule has 8 heteroatoms. The van der Waals surface area contributed by atoms with Gasteiger partial charge in [-0.3, -0.25) is 0 Å². The van der Waals surface area contributed by atoms with Crippen LogP contribution >= 0.6 is 11.3 Å². The van der Waals surface area contributed by atoms with E-state index in [1.807, 2.05) is 0 Å². The van der Waals surface area contributed by atoms with Gasteiger partial charge in [-0.25, -0.2) is 0 Å². The Kier molecular flexibility index (Phi) is 3.91. The third-order valence-corrected chi connectivity index (χ3v) is 2.81. The summed E-state index contributed by atoms with van der Waals surface area (Å²) in [6, 6.07) is 0. The lowest BCUT2D eigenvalue weighted by Crippen LogP contribution is -2.18. The first-order chi connectivity index (χ1) is 7.90. The number of H-pyrrole nitrogens is 1. The number of aromatic amines is 1. The highest BCUT2D eigenvalue weighted by molar-refractivity contribution is 7.14. The normalized spacial score (nSPS) is 10.8. The molecular formula is C8H12N6OS. The van der Waals surface area contributed by atoms with Crippen LogP contribution in [0.1, 0.15) is 5.01 Å². The molecule has 2 rings (SSSR count). The Hall–Kier alpha value is -1.38. The topological polar surface area (TPSA) is 88.6 Å². The standard InChI is InChI=1S/C8H12N6OS/c1-15-3-2-9-5-7-12-13-8(16-7)6-4-10-14-11-6/h4,9H,2-3,5H2,1H3,(H,10,11,14). The van der Waals surface area contributed by atoms with Crippen molar-refractivity contribution in [3.63, 3.8) is 0 Å². The first-order valence-corrected chi connectivity index (χ1v) is 5.60. The molecule has 0 aliphatic heterocycles. The second kappa shape index (κ2) is 5.64. The number of nitrogens with zero attached hydrogens (tertiary/aromatic N) is 4. The van der Waals surface area contributed by atoms with E-state index in [2.05, 4.69) is 30.9 Å². The van der Waals surface area contributed by atoms with Crippen LogP contribution in [0.2, 0.25) is 0 Å². The van der Waals surface area contributed by atoms with Crippen LogP contribution in [0.15, 0.2) is 6.20 Å². The summed E-state index contributed by atoms with van der Waals surface area (Å²) in [5, 5.41) is 23.2. The highest BCUT2D eigenvalue weighted by Gasteiger charge is 2.08. The van der Waals surface area contributed by atoms with E-state index in [0.29, 0.717) is 13.2 Å². The Morgan fingerprint density at radius 3 is 3.19 bits per heavy atom. The molecule has 0 fully saturated rings. The van der Waals surface area contributed by atoms with E-state index in [4.69, 9.17) is 4.74 Å². The summed E-state index contributed by atoms with van der Waals surface area (Å²) in [5.74, 6) is 0. The molecule has 2 aromatic heterocycles. The largest absolute Gasteiger partial charge is 0.383 e. The van der Waals surface area contributed by atoms with Crippen molar-refractivity contribution in [3.8, 4) is 10.7 Å². The van der Waals surface area contributed by atoms with Gasteiger partial charge in [0.25, 0.3) is 0 Å². The highest BCUT2D eigenvalue weighted by atomic mass is 32.1. The van der Waals surface area contributed by atoms with E-state index < -0.39 is 0 Å². The number of methoxy groups -OCH3 is 1. The van der Waals surface area contributed by atoms with E-state index in [1.54, 1.807) is 13.3 Å². The molecule has 0 amide bonds. The molecule has 2 N–H and O–H groups in total. The zero-order chi connectivity index (χ0) is 11.2. The molecule has 7 nitrogen and oxygen atoms in total. The predicted octanol–water partition coefficient (Wildman–Crippen LogP) is 0.0592. The quantitative estimate of drug-likeness (QED) is 0.694.